The lowest BCUT2D eigenvalue weighted by molar-refractivity contribution is 0.0949. The number of carbonyl (C=O) groups is 1. The Labute approximate surface area is 135 Å². The van der Waals surface area contributed by atoms with Gasteiger partial charge in [-0.1, -0.05) is 29.3 Å². The molecule has 0 saturated carbocycles. The quantitative estimate of drug-likeness (QED) is 0.888. The summed E-state index contributed by atoms with van der Waals surface area (Å²) in [6.45, 7) is 5.15. The van der Waals surface area contributed by atoms with Crippen molar-refractivity contribution in [1.29, 1.82) is 0 Å². The highest BCUT2D eigenvalue weighted by Gasteiger charge is 2.09. The molecule has 0 unspecified atom stereocenters. The first-order chi connectivity index (χ1) is 9.58. The minimum absolute atomic E-state index is 0. The summed E-state index contributed by atoms with van der Waals surface area (Å²) in [5.74, 6) is -0.134. The number of nitrogens with one attached hydrogen (secondary N) is 1. The highest BCUT2D eigenvalue weighted by Crippen LogP contribution is 2.10. The summed E-state index contributed by atoms with van der Waals surface area (Å²) in [7, 11) is 0. The molecule has 1 aromatic carbocycles. The molecule has 0 bridgehead atoms. The van der Waals surface area contributed by atoms with E-state index in [2.05, 4.69) is 42.3 Å². The van der Waals surface area contributed by atoms with Crippen LogP contribution in [0.2, 0.25) is 0 Å². The third kappa shape index (κ3) is 5.12. The van der Waals surface area contributed by atoms with Crippen LogP contribution < -0.4 is 11.1 Å². The van der Waals surface area contributed by atoms with Crippen LogP contribution in [0.1, 0.15) is 32.2 Å². The van der Waals surface area contributed by atoms with Crippen LogP contribution in [0.5, 0.6) is 0 Å². The van der Waals surface area contributed by atoms with Crippen molar-refractivity contribution in [2.75, 3.05) is 6.54 Å². The number of carbonyl (C=O) groups excluding carboxylic acids is 1. The number of amides is 1. The van der Waals surface area contributed by atoms with Gasteiger partial charge in [-0.3, -0.25) is 4.79 Å². The van der Waals surface area contributed by atoms with Gasteiger partial charge in [0.15, 0.2) is 0 Å². The van der Waals surface area contributed by atoms with Crippen LogP contribution in [0.15, 0.2) is 23.6 Å². The summed E-state index contributed by atoms with van der Waals surface area (Å²) in [4.78, 5) is 16.1. The Kier molecular flexibility index (Phi) is 6.81. The number of aromatic nitrogens is 1. The molecule has 0 atom stereocenters. The smallest absolute Gasteiger partial charge is 0.270 e. The monoisotopic (exact) mass is 325 g/mol. The van der Waals surface area contributed by atoms with Crippen molar-refractivity contribution in [3.05, 3.63) is 51.0 Å². The summed E-state index contributed by atoms with van der Waals surface area (Å²) >= 11 is 1.41. The number of rotatable bonds is 5. The number of nitrogens with two attached hydrogens (primary N) is 1. The van der Waals surface area contributed by atoms with Crippen LogP contribution in [0, 0.1) is 13.8 Å². The maximum absolute atomic E-state index is 11.9. The van der Waals surface area contributed by atoms with Gasteiger partial charge in [0.05, 0.1) is 0 Å². The minimum atomic E-state index is -0.134. The van der Waals surface area contributed by atoms with Gasteiger partial charge in [0.2, 0.25) is 0 Å². The van der Waals surface area contributed by atoms with Crippen LogP contribution in [0.3, 0.4) is 0 Å². The molecule has 0 radical (unpaired) electrons. The maximum atomic E-state index is 11.9. The molecule has 4 nitrogen and oxygen atoms in total. The average Bonchev–Trinajstić information content (AvgIpc) is 2.86. The second-order valence-electron chi connectivity index (χ2n) is 4.83. The second kappa shape index (κ2) is 8.12. The molecule has 2 aromatic rings. The Morgan fingerprint density at radius 3 is 2.52 bits per heavy atom. The number of nitrogens with zero attached hydrogens (tertiary/aromatic N) is 1. The predicted octanol–water partition coefficient (Wildman–Crippen LogP) is 2.61. The Bertz CT molecular complexity index is 592. The van der Waals surface area contributed by atoms with E-state index >= 15 is 0 Å². The van der Waals surface area contributed by atoms with Gasteiger partial charge >= 0.3 is 0 Å². The minimum Gasteiger partial charge on any atom is -0.350 e. The van der Waals surface area contributed by atoms with E-state index in [-0.39, 0.29) is 18.3 Å². The van der Waals surface area contributed by atoms with E-state index in [0.29, 0.717) is 18.8 Å². The molecule has 3 N–H and O–H groups in total. The van der Waals surface area contributed by atoms with Crippen LogP contribution in [-0.2, 0) is 13.0 Å². The van der Waals surface area contributed by atoms with E-state index in [1.807, 2.05) is 0 Å². The molecular formula is C15H20ClN3OS. The number of thiazole rings is 1. The van der Waals surface area contributed by atoms with Crippen molar-refractivity contribution >= 4 is 29.7 Å². The van der Waals surface area contributed by atoms with E-state index in [4.69, 9.17) is 5.73 Å². The van der Waals surface area contributed by atoms with E-state index in [1.165, 1.54) is 28.0 Å². The first-order valence-corrected chi connectivity index (χ1v) is 7.46. The molecule has 0 spiro atoms. The van der Waals surface area contributed by atoms with Crippen molar-refractivity contribution in [3.8, 4) is 0 Å². The highest BCUT2D eigenvalue weighted by atomic mass is 35.5. The van der Waals surface area contributed by atoms with Gasteiger partial charge in [-0.15, -0.1) is 23.7 Å². The molecule has 0 fully saturated rings. The van der Waals surface area contributed by atoms with Gasteiger partial charge < -0.3 is 11.1 Å². The number of benzene rings is 1. The van der Waals surface area contributed by atoms with E-state index in [0.717, 1.165) is 11.4 Å². The number of hydrogen-bond donors (Lipinski definition) is 2. The van der Waals surface area contributed by atoms with Gasteiger partial charge in [0.1, 0.15) is 10.7 Å². The predicted molar refractivity (Wildman–Crippen MR) is 89.2 cm³/mol. The fraction of sp³-hybridized carbons (Fsp3) is 0.333. The van der Waals surface area contributed by atoms with Crippen molar-refractivity contribution < 1.29 is 4.79 Å². The molecular weight excluding hydrogens is 306 g/mol. The molecule has 1 aromatic heterocycles. The lowest BCUT2D eigenvalue weighted by Gasteiger charge is -2.06. The fourth-order valence-electron chi connectivity index (χ4n) is 2.13. The summed E-state index contributed by atoms with van der Waals surface area (Å²) in [6.07, 6.45) is 0.822. The molecule has 0 saturated heterocycles. The lowest BCUT2D eigenvalue weighted by atomic mass is 10.1. The molecule has 0 aliphatic heterocycles. The molecule has 1 amide bonds. The summed E-state index contributed by atoms with van der Waals surface area (Å²) in [5.41, 5.74) is 9.68. The number of hydrogen-bond acceptors (Lipinski definition) is 4. The van der Waals surface area contributed by atoms with Crippen LogP contribution >= 0.6 is 23.7 Å². The zero-order valence-corrected chi connectivity index (χ0v) is 13.8. The first kappa shape index (κ1) is 17.6. The standard InChI is InChI=1S/C15H19N3OS.ClH/c1-10-5-11(2)7-12(6-10)3-4-17-15(19)13-9-20-14(8-16)18-13;/h5-7,9H,3-4,8,16H2,1-2H3,(H,17,19);1H. The van der Waals surface area contributed by atoms with E-state index in [9.17, 15) is 4.79 Å². The topological polar surface area (TPSA) is 68.0 Å². The molecule has 2 rings (SSSR count). The van der Waals surface area contributed by atoms with Crippen molar-refractivity contribution in [3.63, 3.8) is 0 Å². The Morgan fingerprint density at radius 2 is 1.95 bits per heavy atom. The Morgan fingerprint density at radius 1 is 1.29 bits per heavy atom. The van der Waals surface area contributed by atoms with Gasteiger partial charge in [-0.05, 0) is 25.8 Å². The zero-order chi connectivity index (χ0) is 14.5. The third-order valence-electron chi connectivity index (χ3n) is 2.94. The van der Waals surface area contributed by atoms with Crippen LogP contribution in [-0.4, -0.2) is 17.4 Å². The van der Waals surface area contributed by atoms with Crippen molar-refractivity contribution in [2.45, 2.75) is 26.8 Å². The van der Waals surface area contributed by atoms with Crippen molar-refractivity contribution in [2.24, 2.45) is 5.73 Å². The van der Waals surface area contributed by atoms with Gasteiger partial charge in [-0.2, -0.15) is 0 Å². The fourth-order valence-corrected chi connectivity index (χ4v) is 2.79. The summed E-state index contributed by atoms with van der Waals surface area (Å²) in [5, 5.41) is 5.41. The normalized spacial score (nSPS) is 10.0. The van der Waals surface area contributed by atoms with E-state index < -0.39 is 0 Å². The second-order valence-corrected chi connectivity index (χ2v) is 5.78. The summed E-state index contributed by atoms with van der Waals surface area (Å²) in [6, 6.07) is 6.44. The largest absolute Gasteiger partial charge is 0.350 e. The SMILES string of the molecule is Cc1cc(C)cc(CCNC(=O)c2csc(CN)n2)c1.Cl. The molecule has 0 aliphatic carbocycles. The molecule has 6 heteroatoms. The maximum Gasteiger partial charge on any atom is 0.270 e. The van der Waals surface area contributed by atoms with Gasteiger partial charge in [0.25, 0.3) is 5.91 Å². The molecule has 21 heavy (non-hydrogen) atoms. The van der Waals surface area contributed by atoms with Gasteiger partial charge in [0, 0.05) is 18.5 Å². The third-order valence-corrected chi connectivity index (χ3v) is 3.81. The highest BCUT2D eigenvalue weighted by molar-refractivity contribution is 7.09. The molecule has 114 valence electrons. The van der Waals surface area contributed by atoms with Gasteiger partial charge in [-0.25, -0.2) is 4.98 Å². The Balaban J connectivity index is 0.00000220. The van der Waals surface area contributed by atoms with Crippen molar-refractivity contribution in [1.82, 2.24) is 10.3 Å². The van der Waals surface area contributed by atoms with Crippen LogP contribution in [0.4, 0.5) is 0 Å². The molecule has 1 heterocycles. The average molecular weight is 326 g/mol. The molecule has 0 aliphatic rings. The van der Waals surface area contributed by atoms with E-state index in [1.54, 1.807) is 5.38 Å². The first-order valence-electron chi connectivity index (χ1n) is 6.58. The Hall–Kier alpha value is -1.43. The number of halogens is 1. The summed E-state index contributed by atoms with van der Waals surface area (Å²) < 4.78 is 0. The lowest BCUT2D eigenvalue weighted by Crippen LogP contribution is -2.26. The zero-order valence-electron chi connectivity index (χ0n) is 12.2. The van der Waals surface area contributed by atoms with Crippen LogP contribution in [0.25, 0.3) is 0 Å². The number of aryl methyl sites for hydroxylation is 2.